The van der Waals surface area contributed by atoms with Crippen molar-refractivity contribution in [1.29, 1.82) is 0 Å². The SMILES string of the molecule is CC(C)c1nc(N(C)C)nc(N2CCOC(c3ccco3)C2)n1. The first-order valence-electron chi connectivity index (χ1n) is 7.88. The van der Waals surface area contributed by atoms with Crippen molar-refractivity contribution in [2.45, 2.75) is 25.9 Å². The largest absolute Gasteiger partial charge is 0.467 e. The summed E-state index contributed by atoms with van der Waals surface area (Å²) in [5.41, 5.74) is 0. The fourth-order valence-electron chi connectivity index (χ4n) is 2.45. The lowest BCUT2D eigenvalue weighted by Gasteiger charge is -2.32. The third-order valence-electron chi connectivity index (χ3n) is 3.76. The fourth-order valence-corrected chi connectivity index (χ4v) is 2.45. The van der Waals surface area contributed by atoms with Crippen LogP contribution in [0.15, 0.2) is 22.8 Å². The second-order valence-corrected chi connectivity index (χ2v) is 6.16. The van der Waals surface area contributed by atoms with E-state index in [4.69, 9.17) is 9.15 Å². The van der Waals surface area contributed by atoms with Crippen LogP contribution >= 0.6 is 0 Å². The molecular weight excluding hydrogens is 294 g/mol. The predicted octanol–water partition coefficient (Wildman–Crippen LogP) is 2.23. The maximum absolute atomic E-state index is 5.81. The summed E-state index contributed by atoms with van der Waals surface area (Å²) in [5, 5.41) is 0. The summed E-state index contributed by atoms with van der Waals surface area (Å²) >= 11 is 0. The van der Waals surface area contributed by atoms with Gasteiger partial charge in [0.05, 0.1) is 19.4 Å². The Labute approximate surface area is 136 Å². The molecule has 0 aliphatic carbocycles. The Morgan fingerprint density at radius 2 is 2.09 bits per heavy atom. The molecule has 0 amide bonds. The number of anilines is 2. The third-order valence-corrected chi connectivity index (χ3v) is 3.76. The lowest BCUT2D eigenvalue weighted by Crippen LogP contribution is -2.39. The summed E-state index contributed by atoms with van der Waals surface area (Å²) in [6, 6.07) is 3.81. The molecule has 0 N–H and O–H groups in total. The lowest BCUT2D eigenvalue weighted by atomic mass is 10.2. The van der Waals surface area contributed by atoms with Crippen LogP contribution in [0.5, 0.6) is 0 Å². The highest BCUT2D eigenvalue weighted by Gasteiger charge is 2.26. The molecule has 0 spiro atoms. The Balaban J connectivity index is 1.87. The Hall–Kier alpha value is -2.15. The molecule has 3 heterocycles. The first kappa shape index (κ1) is 15.7. The molecule has 0 radical (unpaired) electrons. The first-order chi connectivity index (χ1) is 11.0. The van der Waals surface area contributed by atoms with Crippen LogP contribution in [0, 0.1) is 0 Å². The van der Waals surface area contributed by atoms with Crippen molar-refractivity contribution in [3.63, 3.8) is 0 Å². The highest BCUT2D eigenvalue weighted by atomic mass is 16.5. The second-order valence-electron chi connectivity index (χ2n) is 6.16. The molecule has 23 heavy (non-hydrogen) atoms. The molecule has 1 saturated heterocycles. The molecule has 7 nitrogen and oxygen atoms in total. The maximum atomic E-state index is 5.81. The molecular formula is C16H23N5O2. The highest BCUT2D eigenvalue weighted by Crippen LogP contribution is 2.26. The molecule has 1 atom stereocenters. The van der Waals surface area contributed by atoms with Gasteiger partial charge < -0.3 is 19.0 Å². The van der Waals surface area contributed by atoms with Gasteiger partial charge >= 0.3 is 0 Å². The zero-order valence-corrected chi connectivity index (χ0v) is 14.1. The van der Waals surface area contributed by atoms with Gasteiger partial charge in [0.1, 0.15) is 17.7 Å². The van der Waals surface area contributed by atoms with Gasteiger partial charge in [-0.2, -0.15) is 15.0 Å². The average Bonchev–Trinajstić information content (AvgIpc) is 3.09. The summed E-state index contributed by atoms with van der Waals surface area (Å²) < 4.78 is 11.3. The van der Waals surface area contributed by atoms with E-state index in [9.17, 15) is 0 Å². The van der Waals surface area contributed by atoms with E-state index >= 15 is 0 Å². The van der Waals surface area contributed by atoms with Gasteiger partial charge in [0.25, 0.3) is 0 Å². The summed E-state index contributed by atoms with van der Waals surface area (Å²) in [6.07, 6.45) is 1.57. The van der Waals surface area contributed by atoms with Crippen LogP contribution in [-0.4, -0.2) is 48.7 Å². The van der Waals surface area contributed by atoms with Gasteiger partial charge in [-0.05, 0) is 12.1 Å². The maximum Gasteiger partial charge on any atom is 0.230 e. The number of hydrogen-bond donors (Lipinski definition) is 0. The number of nitrogens with zero attached hydrogens (tertiary/aromatic N) is 5. The monoisotopic (exact) mass is 317 g/mol. The van der Waals surface area contributed by atoms with Gasteiger partial charge in [-0.25, -0.2) is 0 Å². The first-order valence-corrected chi connectivity index (χ1v) is 7.88. The second kappa shape index (κ2) is 6.54. The van der Waals surface area contributed by atoms with Gasteiger partial charge in [0, 0.05) is 26.6 Å². The Kier molecular flexibility index (Phi) is 4.47. The van der Waals surface area contributed by atoms with Gasteiger partial charge in [-0.15, -0.1) is 0 Å². The van der Waals surface area contributed by atoms with Gasteiger partial charge in [0.2, 0.25) is 11.9 Å². The number of rotatable bonds is 4. The van der Waals surface area contributed by atoms with Crippen molar-refractivity contribution in [2.75, 3.05) is 43.6 Å². The number of aromatic nitrogens is 3. The summed E-state index contributed by atoms with van der Waals surface area (Å²) in [5.74, 6) is 3.27. The van der Waals surface area contributed by atoms with E-state index in [1.54, 1.807) is 6.26 Å². The van der Waals surface area contributed by atoms with Crippen molar-refractivity contribution < 1.29 is 9.15 Å². The lowest BCUT2D eigenvalue weighted by molar-refractivity contribution is 0.0252. The van der Waals surface area contributed by atoms with Crippen LogP contribution in [-0.2, 0) is 4.74 Å². The molecule has 124 valence electrons. The van der Waals surface area contributed by atoms with Gasteiger partial charge in [-0.1, -0.05) is 13.8 Å². The normalized spacial score (nSPS) is 18.5. The topological polar surface area (TPSA) is 67.5 Å². The third kappa shape index (κ3) is 3.44. The van der Waals surface area contributed by atoms with Crippen molar-refractivity contribution in [2.24, 2.45) is 0 Å². The standard InChI is InChI=1S/C16H23N5O2/c1-11(2)14-17-15(20(3)4)19-16(18-14)21-7-9-23-13(10-21)12-6-5-8-22-12/h5-6,8,11,13H,7,9-10H2,1-4H3. The fraction of sp³-hybridized carbons (Fsp3) is 0.562. The van der Waals surface area contributed by atoms with E-state index in [0.29, 0.717) is 25.0 Å². The molecule has 2 aromatic rings. The summed E-state index contributed by atoms with van der Waals surface area (Å²) in [6.45, 7) is 6.21. The number of furan rings is 1. The minimum Gasteiger partial charge on any atom is -0.467 e. The minimum atomic E-state index is -0.0965. The summed E-state index contributed by atoms with van der Waals surface area (Å²) in [7, 11) is 3.88. The van der Waals surface area contributed by atoms with Crippen LogP contribution in [0.4, 0.5) is 11.9 Å². The van der Waals surface area contributed by atoms with E-state index in [2.05, 4.69) is 33.7 Å². The summed E-state index contributed by atoms with van der Waals surface area (Å²) in [4.78, 5) is 17.8. The van der Waals surface area contributed by atoms with Crippen molar-refractivity contribution >= 4 is 11.9 Å². The number of morpholine rings is 1. The molecule has 0 saturated carbocycles. The van der Waals surface area contributed by atoms with Crippen molar-refractivity contribution in [3.05, 3.63) is 30.0 Å². The molecule has 1 unspecified atom stereocenters. The molecule has 1 fully saturated rings. The van der Waals surface area contributed by atoms with Crippen molar-refractivity contribution in [3.8, 4) is 0 Å². The number of ether oxygens (including phenoxy) is 1. The minimum absolute atomic E-state index is 0.0965. The van der Waals surface area contributed by atoms with E-state index in [-0.39, 0.29) is 12.0 Å². The molecule has 0 aromatic carbocycles. The predicted molar refractivity (Wildman–Crippen MR) is 87.9 cm³/mol. The van der Waals surface area contributed by atoms with Crippen molar-refractivity contribution in [1.82, 2.24) is 15.0 Å². The van der Waals surface area contributed by atoms with E-state index < -0.39 is 0 Å². The van der Waals surface area contributed by atoms with Gasteiger partial charge in [-0.3, -0.25) is 0 Å². The average molecular weight is 317 g/mol. The van der Waals surface area contributed by atoms with Crippen LogP contribution in [0.2, 0.25) is 0 Å². The highest BCUT2D eigenvalue weighted by molar-refractivity contribution is 5.39. The smallest absolute Gasteiger partial charge is 0.230 e. The quantitative estimate of drug-likeness (QED) is 0.856. The van der Waals surface area contributed by atoms with Gasteiger partial charge in [0.15, 0.2) is 0 Å². The van der Waals surface area contributed by atoms with Crippen LogP contribution < -0.4 is 9.80 Å². The molecule has 1 aliphatic rings. The van der Waals surface area contributed by atoms with Crippen LogP contribution in [0.3, 0.4) is 0 Å². The Morgan fingerprint density at radius 3 is 2.74 bits per heavy atom. The molecule has 1 aliphatic heterocycles. The zero-order chi connectivity index (χ0) is 16.4. The molecule has 3 rings (SSSR count). The zero-order valence-electron chi connectivity index (χ0n) is 14.1. The van der Waals surface area contributed by atoms with E-state index in [0.717, 1.165) is 18.1 Å². The molecule has 0 bridgehead atoms. The van der Waals surface area contributed by atoms with Crippen LogP contribution in [0.1, 0.15) is 37.5 Å². The van der Waals surface area contributed by atoms with E-state index in [1.807, 2.05) is 31.1 Å². The Morgan fingerprint density at radius 1 is 1.26 bits per heavy atom. The van der Waals surface area contributed by atoms with E-state index in [1.165, 1.54) is 0 Å². The molecule has 2 aromatic heterocycles. The number of hydrogen-bond acceptors (Lipinski definition) is 7. The van der Waals surface area contributed by atoms with Crippen LogP contribution in [0.25, 0.3) is 0 Å². The molecule has 7 heteroatoms. The Bertz CT molecular complexity index is 616.